The second-order valence-electron chi connectivity index (χ2n) is 6.85. The number of aromatic nitrogens is 1. The minimum atomic E-state index is -0.486. The number of nitrogens with zero attached hydrogens (tertiary/aromatic N) is 3. The molecule has 0 saturated heterocycles. The Labute approximate surface area is 176 Å². The maximum absolute atomic E-state index is 12.0. The molecule has 1 aromatic heterocycles. The number of carbonyl (C=O) groups excluding carboxylic acids is 1. The van der Waals surface area contributed by atoms with Crippen molar-refractivity contribution in [1.82, 2.24) is 9.99 Å². The summed E-state index contributed by atoms with van der Waals surface area (Å²) in [6.07, 6.45) is 0.898. The normalized spacial score (nSPS) is 10.4. The van der Waals surface area contributed by atoms with Crippen LogP contribution in [-0.2, 0) is 13.0 Å². The predicted molar refractivity (Wildman–Crippen MR) is 116 cm³/mol. The van der Waals surface area contributed by atoms with Crippen LogP contribution in [0.1, 0.15) is 23.7 Å². The molecule has 0 bridgehead atoms. The Hall–Kier alpha value is -3.74. The zero-order valence-corrected chi connectivity index (χ0v) is 17.3. The number of benzene rings is 2. The van der Waals surface area contributed by atoms with E-state index in [4.69, 9.17) is 10.3 Å². The van der Waals surface area contributed by atoms with E-state index < -0.39 is 6.03 Å². The van der Waals surface area contributed by atoms with Gasteiger partial charge in [-0.2, -0.15) is 10.5 Å². The van der Waals surface area contributed by atoms with Gasteiger partial charge in [0.1, 0.15) is 12.4 Å². The number of para-hydroxylation sites is 1. The molecular formula is C23H25N5O2. The van der Waals surface area contributed by atoms with E-state index in [-0.39, 0.29) is 0 Å². The fraction of sp³-hybridized carbons (Fsp3) is 0.217. The minimum absolute atomic E-state index is 0.294. The molecule has 0 fully saturated rings. The van der Waals surface area contributed by atoms with Crippen LogP contribution >= 0.6 is 0 Å². The molecule has 0 saturated carbocycles. The lowest BCUT2D eigenvalue weighted by Gasteiger charge is -2.15. The monoisotopic (exact) mass is 403 g/mol. The smallest absolute Gasteiger partial charge is 0.343 e. The van der Waals surface area contributed by atoms with Crippen LogP contribution in [0.5, 0.6) is 5.75 Å². The Morgan fingerprint density at radius 1 is 1.17 bits per heavy atom. The second-order valence-corrected chi connectivity index (χ2v) is 6.85. The molecule has 0 aliphatic carbocycles. The Kier molecular flexibility index (Phi) is 6.75. The summed E-state index contributed by atoms with van der Waals surface area (Å²) in [5.74, 6) is 0.768. The maximum Gasteiger partial charge on any atom is 0.343 e. The van der Waals surface area contributed by atoms with E-state index in [1.807, 2.05) is 55.5 Å². The predicted octanol–water partition coefficient (Wildman–Crippen LogP) is 5.61. The van der Waals surface area contributed by atoms with Gasteiger partial charge in [-0.1, -0.05) is 36.4 Å². The van der Waals surface area contributed by atoms with Gasteiger partial charge in [-0.25, -0.2) is 4.79 Å². The molecule has 2 amide bonds. The third-order valence-corrected chi connectivity index (χ3v) is 4.73. The van der Waals surface area contributed by atoms with Crippen molar-refractivity contribution in [2.75, 3.05) is 12.4 Å². The summed E-state index contributed by atoms with van der Waals surface area (Å²) < 4.78 is 6.02. The lowest BCUT2D eigenvalue weighted by atomic mass is 10.1. The number of hydrogen-bond donors (Lipinski definition) is 2. The van der Waals surface area contributed by atoms with Crippen LogP contribution in [0.25, 0.3) is 11.3 Å². The van der Waals surface area contributed by atoms with Gasteiger partial charge in [0.25, 0.3) is 0 Å². The van der Waals surface area contributed by atoms with Crippen LogP contribution in [0.4, 0.5) is 10.5 Å². The van der Waals surface area contributed by atoms with Gasteiger partial charge in [0.05, 0.1) is 5.69 Å². The summed E-state index contributed by atoms with van der Waals surface area (Å²) in [7, 11) is 1.41. The maximum atomic E-state index is 12.0. The molecule has 0 spiro atoms. The van der Waals surface area contributed by atoms with Crippen molar-refractivity contribution in [3.05, 3.63) is 77.5 Å². The molecule has 0 radical (unpaired) electrons. The fourth-order valence-corrected chi connectivity index (χ4v) is 2.97. The van der Waals surface area contributed by atoms with Gasteiger partial charge in [-0.3, -0.25) is 4.98 Å². The first kappa shape index (κ1) is 21.0. The second kappa shape index (κ2) is 9.65. The van der Waals surface area contributed by atoms with E-state index >= 15 is 0 Å². The highest BCUT2D eigenvalue weighted by Gasteiger charge is 2.11. The lowest BCUT2D eigenvalue weighted by Crippen LogP contribution is -2.26. The van der Waals surface area contributed by atoms with Gasteiger partial charge >= 0.3 is 6.03 Å². The molecule has 30 heavy (non-hydrogen) atoms. The first-order chi connectivity index (χ1) is 14.5. The van der Waals surface area contributed by atoms with E-state index in [1.54, 1.807) is 6.07 Å². The molecule has 7 nitrogen and oxygen atoms in total. The van der Waals surface area contributed by atoms with Crippen molar-refractivity contribution in [3.8, 4) is 17.0 Å². The highest BCUT2D eigenvalue weighted by Crippen LogP contribution is 2.27. The van der Waals surface area contributed by atoms with Gasteiger partial charge in [0.15, 0.2) is 0 Å². The molecule has 3 aromatic rings. The molecule has 154 valence electrons. The molecule has 1 heterocycles. The van der Waals surface area contributed by atoms with E-state index in [9.17, 15) is 4.79 Å². The zero-order chi connectivity index (χ0) is 21.5. The first-order valence-corrected chi connectivity index (χ1v) is 9.71. The Bertz CT molecular complexity index is 1050. The number of pyridine rings is 1. The minimum Gasteiger partial charge on any atom is -0.489 e. The number of urea groups is 1. The largest absolute Gasteiger partial charge is 0.489 e. The Morgan fingerprint density at radius 2 is 1.97 bits per heavy atom. The third-order valence-electron chi connectivity index (χ3n) is 4.73. The van der Waals surface area contributed by atoms with Gasteiger partial charge in [-0.05, 0) is 55.3 Å². The van der Waals surface area contributed by atoms with Crippen LogP contribution < -0.4 is 10.1 Å². The molecule has 7 heteroatoms. The van der Waals surface area contributed by atoms with Crippen LogP contribution in [-0.4, -0.2) is 23.1 Å². The number of anilines is 1. The number of carbonyl (C=O) groups is 1. The van der Waals surface area contributed by atoms with Crippen LogP contribution in [0.2, 0.25) is 0 Å². The van der Waals surface area contributed by atoms with Crippen LogP contribution in [0, 0.1) is 12.5 Å². The van der Waals surface area contributed by atoms with E-state index in [0.717, 1.165) is 45.3 Å². The highest BCUT2D eigenvalue weighted by molar-refractivity contribution is 5.89. The Morgan fingerprint density at radius 3 is 2.70 bits per heavy atom. The van der Waals surface area contributed by atoms with Gasteiger partial charge in [-0.15, -0.1) is 0 Å². The SMILES string of the molecule is CCc1cccc(-c2ccc(OCc3ccccc3NC(=O)N(C)N=N)c(C)c2)n1. The topological polar surface area (TPSA) is 90.7 Å². The standard InChI is InChI=1S/C23H25N5O2/c1-4-19-9-7-11-20(25-19)17-12-13-22(16(2)14-17)30-15-18-8-5-6-10-21(18)26-23(29)28(3)27-24/h5-14,24H,4,15H2,1-3H3,(H,26,29). The lowest BCUT2D eigenvalue weighted by molar-refractivity contribution is 0.220. The number of amides is 2. The van der Waals surface area contributed by atoms with E-state index in [1.165, 1.54) is 7.05 Å². The fourth-order valence-electron chi connectivity index (χ4n) is 2.97. The number of rotatable bonds is 7. The quantitative estimate of drug-likeness (QED) is 0.397. The number of aryl methyl sites for hydroxylation is 2. The molecule has 2 aromatic carbocycles. The van der Waals surface area contributed by atoms with Gasteiger partial charge in [0.2, 0.25) is 0 Å². The average molecular weight is 403 g/mol. The van der Waals surface area contributed by atoms with Crippen molar-refractivity contribution in [2.24, 2.45) is 5.22 Å². The average Bonchev–Trinajstić information content (AvgIpc) is 2.78. The number of nitrogens with one attached hydrogen (secondary N) is 2. The van der Waals surface area contributed by atoms with Gasteiger partial charge < -0.3 is 10.1 Å². The Balaban J connectivity index is 1.74. The van der Waals surface area contributed by atoms with Crippen molar-refractivity contribution in [2.45, 2.75) is 26.9 Å². The van der Waals surface area contributed by atoms with Crippen molar-refractivity contribution >= 4 is 11.7 Å². The molecule has 0 aliphatic rings. The van der Waals surface area contributed by atoms with Crippen molar-refractivity contribution in [3.63, 3.8) is 0 Å². The summed E-state index contributed by atoms with van der Waals surface area (Å²) in [6.45, 7) is 4.39. The molecule has 3 rings (SSSR count). The summed E-state index contributed by atoms with van der Waals surface area (Å²) in [5, 5.41) is 6.76. The first-order valence-electron chi connectivity index (χ1n) is 9.71. The summed E-state index contributed by atoms with van der Waals surface area (Å²) in [6, 6.07) is 19.0. The van der Waals surface area contributed by atoms with E-state index in [0.29, 0.717) is 12.3 Å². The van der Waals surface area contributed by atoms with E-state index in [2.05, 4.69) is 28.5 Å². The van der Waals surface area contributed by atoms with Crippen molar-refractivity contribution in [1.29, 1.82) is 5.53 Å². The van der Waals surface area contributed by atoms with Gasteiger partial charge in [0, 0.05) is 29.6 Å². The molecule has 0 aliphatic heterocycles. The number of hydrogen-bond acceptors (Lipinski definition) is 5. The molecule has 2 N–H and O–H groups in total. The van der Waals surface area contributed by atoms with Crippen molar-refractivity contribution < 1.29 is 9.53 Å². The molecule has 0 unspecified atom stereocenters. The summed E-state index contributed by atoms with van der Waals surface area (Å²) in [4.78, 5) is 16.7. The number of ether oxygens (including phenoxy) is 1. The molecular weight excluding hydrogens is 378 g/mol. The third kappa shape index (κ3) is 5.00. The highest BCUT2D eigenvalue weighted by atomic mass is 16.5. The van der Waals surface area contributed by atoms with Crippen LogP contribution in [0.3, 0.4) is 0 Å². The molecule has 0 atom stereocenters. The summed E-state index contributed by atoms with van der Waals surface area (Å²) >= 11 is 0. The summed E-state index contributed by atoms with van der Waals surface area (Å²) in [5.41, 5.74) is 12.4. The zero-order valence-electron chi connectivity index (χ0n) is 17.3. The van der Waals surface area contributed by atoms with Crippen LogP contribution in [0.15, 0.2) is 65.9 Å².